The van der Waals surface area contributed by atoms with Crippen LogP contribution in [0.25, 0.3) is 0 Å². The molecule has 5 N–H and O–H groups in total. The van der Waals surface area contributed by atoms with Gasteiger partial charge in [0.2, 0.25) is 5.91 Å². The molecule has 1 atom stereocenters. The highest BCUT2D eigenvalue weighted by molar-refractivity contribution is 5.99. The first kappa shape index (κ1) is 14.7. The molecule has 1 rings (SSSR count). The van der Waals surface area contributed by atoms with E-state index in [2.05, 4.69) is 5.32 Å². The third-order valence-electron chi connectivity index (χ3n) is 2.40. The first-order valence-corrected chi connectivity index (χ1v) is 5.50. The summed E-state index contributed by atoms with van der Waals surface area (Å²) in [5.41, 5.74) is 5.53. The van der Waals surface area contributed by atoms with Crippen molar-refractivity contribution in [1.29, 1.82) is 0 Å². The molecule has 2 amide bonds. The van der Waals surface area contributed by atoms with Crippen molar-refractivity contribution < 1.29 is 24.6 Å². The normalized spacial score (nSPS) is 11.6. The molecule has 0 spiro atoms. The minimum Gasteiger partial charge on any atom is -0.479 e. The van der Waals surface area contributed by atoms with Crippen LogP contribution in [0.1, 0.15) is 27.1 Å². The Hall–Kier alpha value is -2.41. The van der Waals surface area contributed by atoms with Gasteiger partial charge in [-0.1, -0.05) is 6.07 Å². The van der Waals surface area contributed by atoms with Gasteiger partial charge < -0.3 is 21.3 Å². The highest BCUT2D eigenvalue weighted by atomic mass is 16.4. The summed E-state index contributed by atoms with van der Waals surface area (Å²) in [5, 5.41) is 19.9. The second kappa shape index (κ2) is 6.50. The predicted octanol–water partition coefficient (Wildman–Crippen LogP) is -0.649. The number of aliphatic hydroxyl groups excluding tert-OH is 1. The van der Waals surface area contributed by atoms with Gasteiger partial charge in [-0.3, -0.25) is 9.59 Å². The van der Waals surface area contributed by atoms with Crippen LogP contribution >= 0.6 is 0 Å². The summed E-state index contributed by atoms with van der Waals surface area (Å²) in [6, 6.07) is 5.83. The van der Waals surface area contributed by atoms with E-state index < -0.39 is 23.9 Å². The number of aliphatic hydroxyl groups is 1. The summed E-state index contributed by atoms with van der Waals surface area (Å²) in [6.45, 7) is 0.00704. The van der Waals surface area contributed by atoms with Gasteiger partial charge in [-0.15, -0.1) is 0 Å². The molecule has 0 aliphatic carbocycles. The molecule has 1 aromatic carbocycles. The number of carboxylic acids is 1. The lowest BCUT2D eigenvalue weighted by Crippen LogP contribution is -2.30. The Morgan fingerprint density at radius 1 is 1.26 bits per heavy atom. The molecule has 19 heavy (non-hydrogen) atoms. The molecular weight excluding hydrogens is 252 g/mol. The molecule has 102 valence electrons. The first-order chi connectivity index (χ1) is 8.91. The molecule has 1 unspecified atom stereocenters. The van der Waals surface area contributed by atoms with Gasteiger partial charge in [-0.2, -0.15) is 0 Å². The lowest BCUT2D eigenvalue weighted by Gasteiger charge is -2.07. The van der Waals surface area contributed by atoms with Crippen molar-refractivity contribution in [1.82, 2.24) is 5.32 Å². The molecule has 0 heterocycles. The number of benzene rings is 1. The summed E-state index contributed by atoms with van der Waals surface area (Å²) >= 11 is 0. The Morgan fingerprint density at radius 3 is 2.47 bits per heavy atom. The Labute approximate surface area is 109 Å². The van der Waals surface area contributed by atoms with E-state index in [0.29, 0.717) is 0 Å². The zero-order valence-electron chi connectivity index (χ0n) is 10.00. The van der Waals surface area contributed by atoms with Gasteiger partial charge in [-0.25, -0.2) is 4.79 Å². The van der Waals surface area contributed by atoms with Crippen LogP contribution in [0.15, 0.2) is 24.3 Å². The van der Waals surface area contributed by atoms with Gasteiger partial charge in [0, 0.05) is 24.1 Å². The summed E-state index contributed by atoms with van der Waals surface area (Å²) in [4.78, 5) is 33.0. The number of nitrogens with two attached hydrogens (primary N) is 1. The van der Waals surface area contributed by atoms with Gasteiger partial charge in [0.05, 0.1) is 0 Å². The lowest BCUT2D eigenvalue weighted by atomic mass is 10.1. The number of rotatable bonds is 6. The predicted molar refractivity (Wildman–Crippen MR) is 65.6 cm³/mol. The molecule has 0 bridgehead atoms. The number of primary amides is 1. The molecule has 7 nitrogen and oxygen atoms in total. The van der Waals surface area contributed by atoms with Crippen LogP contribution in [0.2, 0.25) is 0 Å². The zero-order chi connectivity index (χ0) is 14.4. The van der Waals surface area contributed by atoms with Crippen LogP contribution in [-0.4, -0.2) is 40.6 Å². The number of amides is 2. The van der Waals surface area contributed by atoms with Crippen LogP contribution in [0.5, 0.6) is 0 Å². The van der Waals surface area contributed by atoms with E-state index in [4.69, 9.17) is 15.9 Å². The topological polar surface area (TPSA) is 130 Å². The van der Waals surface area contributed by atoms with Gasteiger partial charge in [-0.05, 0) is 18.2 Å². The van der Waals surface area contributed by atoms with E-state index in [9.17, 15) is 14.4 Å². The van der Waals surface area contributed by atoms with Crippen molar-refractivity contribution in [2.75, 3.05) is 6.54 Å². The fraction of sp³-hybridized carbons (Fsp3) is 0.250. The zero-order valence-corrected chi connectivity index (χ0v) is 10.00. The number of carboxylic acid groups (broad SMARTS) is 1. The monoisotopic (exact) mass is 266 g/mol. The van der Waals surface area contributed by atoms with Crippen LogP contribution in [0.3, 0.4) is 0 Å². The van der Waals surface area contributed by atoms with Crippen LogP contribution in [0.4, 0.5) is 0 Å². The van der Waals surface area contributed by atoms with E-state index in [-0.39, 0.29) is 24.1 Å². The van der Waals surface area contributed by atoms with E-state index >= 15 is 0 Å². The minimum atomic E-state index is -1.52. The Balaban J connectivity index is 2.56. The first-order valence-electron chi connectivity index (χ1n) is 5.50. The van der Waals surface area contributed by atoms with Gasteiger partial charge in [0.15, 0.2) is 6.10 Å². The molecule has 0 aliphatic rings. The van der Waals surface area contributed by atoms with Crippen LogP contribution < -0.4 is 11.1 Å². The molecule has 0 aliphatic heterocycles. The lowest BCUT2D eigenvalue weighted by molar-refractivity contribution is -0.146. The van der Waals surface area contributed by atoms with Crippen molar-refractivity contribution in [2.45, 2.75) is 12.5 Å². The fourth-order valence-corrected chi connectivity index (χ4v) is 1.36. The van der Waals surface area contributed by atoms with Crippen molar-refractivity contribution >= 4 is 17.8 Å². The highest BCUT2D eigenvalue weighted by Crippen LogP contribution is 2.04. The Morgan fingerprint density at radius 2 is 1.89 bits per heavy atom. The average Bonchev–Trinajstić information content (AvgIpc) is 2.38. The molecule has 0 radical (unpaired) electrons. The average molecular weight is 266 g/mol. The van der Waals surface area contributed by atoms with E-state index in [1.54, 1.807) is 0 Å². The maximum atomic E-state index is 11.7. The third-order valence-corrected chi connectivity index (χ3v) is 2.40. The summed E-state index contributed by atoms with van der Waals surface area (Å²) < 4.78 is 0. The standard InChI is InChI=1S/C12H14N2O5/c13-10(16)7-2-1-3-8(6-7)11(17)14-5-4-9(15)12(18)19/h1-3,6,9,15H,4-5H2,(H2,13,16)(H,14,17)(H,18,19). The van der Waals surface area contributed by atoms with E-state index in [1.807, 2.05) is 0 Å². The van der Waals surface area contributed by atoms with E-state index in [0.717, 1.165) is 0 Å². The Bertz CT molecular complexity index is 501. The van der Waals surface area contributed by atoms with Crippen LogP contribution in [0, 0.1) is 0 Å². The molecule has 0 fully saturated rings. The number of hydrogen-bond donors (Lipinski definition) is 4. The molecule has 0 saturated carbocycles. The molecule has 7 heteroatoms. The molecule has 1 aromatic rings. The van der Waals surface area contributed by atoms with Crippen molar-refractivity contribution in [3.05, 3.63) is 35.4 Å². The molecular formula is C12H14N2O5. The fourth-order valence-electron chi connectivity index (χ4n) is 1.36. The number of hydrogen-bond acceptors (Lipinski definition) is 4. The minimum absolute atomic E-state index is 0.00704. The van der Waals surface area contributed by atoms with Gasteiger partial charge >= 0.3 is 5.97 Å². The summed E-state index contributed by atoms with van der Waals surface area (Å²) in [5.74, 6) is -2.46. The van der Waals surface area contributed by atoms with Gasteiger partial charge in [0.25, 0.3) is 5.91 Å². The number of carbonyl (C=O) groups excluding carboxylic acids is 2. The second-order valence-corrected chi connectivity index (χ2v) is 3.84. The number of aliphatic carboxylic acids is 1. The summed E-state index contributed by atoms with van der Waals surface area (Å²) in [7, 11) is 0. The number of nitrogens with one attached hydrogen (secondary N) is 1. The molecule has 0 saturated heterocycles. The molecule has 0 aromatic heterocycles. The Kier molecular flexibility index (Phi) is 5.01. The quantitative estimate of drug-likeness (QED) is 0.543. The van der Waals surface area contributed by atoms with Crippen molar-refractivity contribution in [2.24, 2.45) is 5.73 Å². The van der Waals surface area contributed by atoms with Crippen LogP contribution in [-0.2, 0) is 4.79 Å². The highest BCUT2D eigenvalue weighted by Gasteiger charge is 2.13. The van der Waals surface area contributed by atoms with Crippen molar-refractivity contribution in [3.63, 3.8) is 0 Å². The number of carbonyl (C=O) groups is 3. The third kappa shape index (κ3) is 4.40. The van der Waals surface area contributed by atoms with E-state index in [1.165, 1.54) is 24.3 Å². The maximum Gasteiger partial charge on any atom is 0.332 e. The largest absolute Gasteiger partial charge is 0.479 e. The second-order valence-electron chi connectivity index (χ2n) is 3.84. The van der Waals surface area contributed by atoms with Gasteiger partial charge in [0.1, 0.15) is 0 Å². The smallest absolute Gasteiger partial charge is 0.332 e. The maximum absolute atomic E-state index is 11.7. The SMILES string of the molecule is NC(=O)c1cccc(C(=O)NCCC(O)C(=O)O)c1. The summed E-state index contributed by atoms with van der Waals surface area (Å²) in [6.07, 6.45) is -1.62. The van der Waals surface area contributed by atoms with Crippen molar-refractivity contribution in [3.8, 4) is 0 Å².